The molecule has 0 spiro atoms. The van der Waals surface area contributed by atoms with Gasteiger partial charge in [-0.2, -0.15) is 0 Å². The van der Waals surface area contributed by atoms with E-state index in [1.54, 1.807) is 13.8 Å². The van der Waals surface area contributed by atoms with Gasteiger partial charge in [0.15, 0.2) is 6.10 Å². The summed E-state index contributed by atoms with van der Waals surface area (Å²) in [7, 11) is 0. The van der Waals surface area contributed by atoms with Crippen molar-refractivity contribution in [3.8, 4) is 0 Å². The number of ether oxygens (including phenoxy) is 1. The van der Waals surface area contributed by atoms with Crippen molar-refractivity contribution in [1.82, 2.24) is 4.90 Å². The molecule has 1 N–H and O–H groups in total. The van der Waals surface area contributed by atoms with Gasteiger partial charge in [0.1, 0.15) is 18.2 Å². The van der Waals surface area contributed by atoms with Crippen LogP contribution in [0.3, 0.4) is 0 Å². The van der Waals surface area contributed by atoms with E-state index in [0.29, 0.717) is 0 Å². The highest BCUT2D eigenvalue weighted by Crippen LogP contribution is 2.33. The molecule has 2 unspecified atom stereocenters. The van der Waals surface area contributed by atoms with Crippen LogP contribution in [-0.2, 0) is 14.3 Å². The van der Waals surface area contributed by atoms with Gasteiger partial charge in [-0.15, -0.1) is 0 Å². The first-order valence-electron chi connectivity index (χ1n) is 6.43. The second-order valence-electron chi connectivity index (χ2n) is 5.08. The SMILES string of the molecule is CC(C)N1C(=O)COC(C(=O)O)C1c1cc(F)ccc1F. The summed E-state index contributed by atoms with van der Waals surface area (Å²) in [6.07, 6.45) is -1.44. The van der Waals surface area contributed by atoms with Crippen molar-refractivity contribution in [2.45, 2.75) is 32.0 Å². The number of hydrogen-bond donors (Lipinski definition) is 1. The molecule has 7 heteroatoms. The summed E-state index contributed by atoms with van der Waals surface area (Å²) in [6.45, 7) is 2.95. The number of carbonyl (C=O) groups excluding carboxylic acids is 1. The molecule has 1 aliphatic heterocycles. The molecule has 2 rings (SSSR count). The highest BCUT2D eigenvalue weighted by atomic mass is 19.1. The summed E-state index contributed by atoms with van der Waals surface area (Å²) in [5.74, 6) is -3.29. The lowest BCUT2D eigenvalue weighted by Crippen LogP contribution is -2.54. The Morgan fingerprint density at radius 3 is 2.67 bits per heavy atom. The number of aliphatic carboxylic acids is 1. The fourth-order valence-electron chi connectivity index (χ4n) is 2.50. The second kappa shape index (κ2) is 5.77. The average molecular weight is 299 g/mol. The quantitative estimate of drug-likeness (QED) is 0.923. The molecule has 0 radical (unpaired) electrons. The van der Waals surface area contributed by atoms with Gasteiger partial charge in [0.25, 0.3) is 0 Å². The monoisotopic (exact) mass is 299 g/mol. The van der Waals surface area contributed by atoms with E-state index in [4.69, 9.17) is 4.74 Å². The third kappa shape index (κ3) is 2.87. The minimum atomic E-state index is -1.44. The van der Waals surface area contributed by atoms with Gasteiger partial charge in [0, 0.05) is 11.6 Å². The fraction of sp³-hybridized carbons (Fsp3) is 0.429. The zero-order chi connectivity index (χ0) is 15.7. The van der Waals surface area contributed by atoms with Gasteiger partial charge < -0.3 is 14.7 Å². The largest absolute Gasteiger partial charge is 0.479 e. The third-order valence-corrected chi connectivity index (χ3v) is 3.34. The number of amides is 1. The Labute approximate surface area is 120 Å². The Morgan fingerprint density at radius 2 is 2.10 bits per heavy atom. The summed E-state index contributed by atoms with van der Waals surface area (Å²) >= 11 is 0. The highest BCUT2D eigenvalue weighted by Gasteiger charge is 2.44. The molecular weight excluding hydrogens is 284 g/mol. The van der Waals surface area contributed by atoms with Crippen molar-refractivity contribution in [2.24, 2.45) is 0 Å². The maximum Gasteiger partial charge on any atom is 0.335 e. The Hall–Kier alpha value is -2.02. The molecule has 114 valence electrons. The van der Waals surface area contributed by atoms with Crippen LogP contribution >= 0.6 is 0 Å². The maximum atomic E-state index is 14.0. The van der Waals surface area contributed by atoms with Gasteiger partial charge in [0.2, 0.25) is 5.91 Å². The average Bonchev–Trinajstić information content (AvgIpc) is 2.40. The molecule has 1 heterocycles. The minimum absolute atomic E-state index is 0.204. The van der Waals surface area contributed by atoms with Crippen molar-refractivity contribution in [3.05, 3.63) is 35.4 Å². The van der Waals surface area contributed by atoms with Crippen molar-refractivity contribution in [2.75, 3.05) is 6.61 Å². The van der Waals surface area contributed by atoms with E-state index in [1.165, 1.54) is 4.90 Å². The van der Waals surface area contributed by atoms with Crippen molar-refractivity contribution >= 4 is 11.9 Å². The van der Waals surface area contributed by atoms with Gasteiger partial charge in [-0.05, 0) is 32.0 Å². The normalized spacial score (nSPS) is 22.7. The molecule has 0 bridgehead atoms. The number of carboxylic acid groups (broad SMARTS) is 1. The predicted octanol–water partition coefficient (Wildman–Crippen LogP) is 1.73. The Morgan fingerprint density at radius 1 is 1.43 bits per heavy atom. The summed E-state index contributed by atoms with van der Waals surface area (Å²) in [4.78, 5) is 24.5. The van der Waals surface area contributed by atoms with Crippen LogP contribution in [-0.4, -0.2) is 40.6 Å². The standard InChI is InChI=1S/C14H15F2NO4/c1-7(2)17-11(18)6-21-13(14(19)20)12(17)9-5-8(15)3-4-10(9)16/h3-5,7,12-13H,6H2,1-2H3,(H,19,20). The van der Waals surface area contributed by atoms with Crippen LogP contribution in [0, 0.1) is 11.6 Å². The van der Waals surface area contributed by atoms with E-state index in [1.807, 2.05) is 0 Å². The van der Waals surface area contributed by atoms with Gasteiger partial charge in [-0.25, -0.2) is 13.6 Å². The van der Waals surface area contributed by atoms with Gasteiger partial charge in [-0.3, -0.25) is 4.79 Å². The zero-order valence-electron chi connectivity index (χ0n) is 11.5. The Kier molecular flexibility index (Phi) is 4.22. The molecule has 1 amide bonds. The second-order valence-corrected chi connectivity index (χ2v) is 5.08. The maximum absolute atomic E-state index is 14.0. The molecule has 1 saturated heterocycles. The Bertz CT molecular complexity index is 576. The van der Waals surface area contributed by atoms with E-state index < -0.39 is 42.3 Å². The van der Waals surface area contributed by atoms with Crippen molar-refractivity contribution < 1.29 is 28.2 Å². The lowest BCUT2D eigenvalue weighted by Gasteiger charge is -2.41. The van der Waals surface area contributed by atoms with Crippen molar-refractivity contribution in [1.29, 1.82) is 0 Å². The molecule has 0 saturated carbocycles. The molecule has 1 fully saturated rings. The predicted molar refractivity (Wildman–Crippen MR) is 68.5 cm³/mol. The van der Waals surface area contributed by atoms with Crippen LogP contribution in [0.5, 0.6) is 0 Å². The van der Waals surface area contributed by atoms with Crippen LogP contribution in [0.2, 0.25) is 0 Å². The number of halogens is 2. The molecule has 5 nitrogen and oxygen atoms in total. The lowest BCUT2D eigenvalue weighted by atomic mass is 9.95. The van der Waals surface area contributed by atoms with Crippen LogP contribution in [0.1, 0.15) is 25.5 Å². The number of hydrogen-bond acceptors (Lipinski definition) is 3. The first kappa shape index (κ1) is 15.4. The number of rotatable bonds is 3. The van der Waals surface area contributed by atoms with Crippen LogP contribution in [0.25, 0.3) is 0 Å². The molecular formula is C14H15F2NO4. The first-order chi connectivity index (χ1) is 9.82. The molecule has 1 aliphatic rings. The number of nitrogens with zero attached hydrogens (tertiary/aromatic N) is 1. The fourth-order valence-corrected chi connectivity index (χ4v) is 2.50. The van der Waals surface area contributed by atoms with Gasteiger partial charge >= 0.3 is 5.97 Å². The highest BCUT2D eigenvalue weighted by molar-refractivity contribution is 5.83. The smallest absolute Gasteiger partial charge is 0.335 e. The lowest BCUT2D eigenvalue weighted by molar-refractivity contribution is -0.175. The number of morpholine rings is 1. The molecule has 0 aliphatic carbocycles. The zero-order valence-corrected chi connectivity index (χ0v) is 11.5. The summed E-state index contributed by atoms with van der Waals surface area (Å²) in [5.41, 5.74) is -0.204. The molecule has 1 aromatic rings. The van der Waals surface area contributed by atoms with Crippen LogP contribution in [0.15, 0.2) is 18.2 Å². The summed E-state index contributed by atoms with van der Waals surface area (Å²) in [5, 5.41) is 9.24. The van der Waals surface area contributed by atoms with Crippen LogP contribution in [0.4, 0.5) is 8.78 Å². The number of benzene rings is 1. The first-order valence-corrected chi connectivity index (χ1v) is 6.43. The van der Waals surface area contributed by atoms with Gasteiger partial charge in [-0.1, -0.05) is 0 Å². The molecule has 21 heavy (non-hydrogen) atoms. The number of carboxylic acids is 1. The van der Waals surface area contributed by atoms with Crippen LogP contribution < -0.4 is 0 Å². The van der Waals surface area contributed by atoms with Crippen molar-refractivity contribution in [3.63, 3.8) is 0 Å². The number of carbonyl (C=O) groups is 2. The third-order valence-electron chi connectivity index (χ3n) is 3.34. The van der Waals surface area contributed by atoms with E-state index in [-0.39, 0.29) is 11.6 Å². The molecule has 0 aromatic heterocycles. The minimum Gasteiger partial charge on any atom is -0.479 e. The summed E-state index contributed by atoms with van der Waals surface area (Å²) in [6, 6.07) is 1.14. The molecule has 2 atom stereocenters. The molecule has 1 aromatic carbocycles. The Balaban J connectivity index is 2.56. The van der Waals surface area contributed by atoms with E-state index >= 15 is 0 Å². The topological polar surface area (TPSA) is 66.8 Å². The van der Waals surface area contributed by atoms with E-state index in [2.05, 4.69) is 0 Å². The van der Waals surface area contributed by atoms with E-state index in [0.717, 1.165) is 18.2 Å². The summed E-state index contributed by atoms with van der Waals surface area (Å²) < 4.78 is 32.4. The van der Waals surface area contributed by atoms with E-state index in [9.17, 15) is 23.5 Å². The van der Waals surface area contributed by atoms with Gasteiger partial charge in [0.05, 0.1) is 6.04 Å².